The molecule has 4 nitrogen and oxygen atoms in total. The van der Waals surface area contributed by atoms with Crippen LogP contribution in [-0.2, 0) is 0 Å². The Labute approximate surface area is 103 Å². The maximum atomic E-state index is 11.7. The Hall–Kier alpha value is -1.42. The number of nitrogens with one attached hydrogen (secondary N) is 1. The van der Waals surface area contributed by atoms with Crippen LogP contribution in [0, 0.1) is 6.92 Å². The third-order valence-corrected chi connectivity index (χ3v) is 2.44. The van der Waals surface area contributed by atoms with Gasteiger partial charge in [-0.1, -0.05) is 6.07 Å². The van der Waals surface area contributed by atoms with Crippen LogP contribution >= 0.6 is 0 Å². The van der Waals surface area contributed by atoms with Gasteiger partial charge in [-0.25, -0.2) is 4.98 Å². The Morgan fingerprint density at radius 2 is 2.12 bits per heavy atom. The Bertz CT molecular complexity index is 363. The van der Waals surface area contributed by atoms with Gasteiger partial charge in [0, 0.05) is 12.2 Å². The molecular weight excluding hydrogens is 214 g/mol. The largest absolute Gasteiger partial charge is 0.351 e. The Kier molecular flexibility index (Phi) is 5.63. The smallest absolute Gasteiger partial charge is 0.269 e. The topological polar surface area (TPSA) is 45.2 Å². The number of pyridine rings is 1. The highest BCUT2D eigenvalue weighted by atomic mass is 16.1. The number of aromatic nitrogens is 1. The second-order valence-electron chi connectivity index (χ2n) is 4.43. The fraction of sp³-hybridized carbons (Fsp3) is 0.538. The molecule has 0 unspecified atom stereocenters. The zero-order chi connectivity index (χ0) is 12.7. The normalized spacial score (nSPS) is 10.6. The molecule has 17 heavy (non-hydrogen) atoms. The van der Waals surface area contributed by atoms with Crippen molar-refractivity contribution in [2.24, 2.45) is 0 Å². The van der Waals surface area contributed by atoms with Crippen molar-refractivity contribution < 1.29 is 4.79 Å². The van der Waals surface area contributed by atoms with E-state index in [1.807, 2.05) is 19.1 Å². The van der Waals surface area contributed by atoms with Crippen LogP contribution in [0.3, 0.4) is 0 Å². The van der Waals surface area contributed by atoms with Crippen molar-refractivity contribution in [1.29, 1.82) is 0 Å². The first-order valence-corrected chi connectivity index (χ1v) is 5.96. The monoisotopic (exact) mass is 235 g/mol. The van der Waals surface area contributed by atoms with Crippen molar-refractivity contribution in [3.05, 3.63) is 29.6 Å². The molecule has 0 spiro atoms. The quantitative estimate of drug-likeness (QED) is 0.759. The van der Waals surface area contributed by atoms with Gasteiger partial charge in [-0.3, -0.25) is 4.79 Å². The molecule has 1 heterocycles. The molecule has 0 aromatic carbocycles. The minimum atomic E-state index is -0.0847. The first-order valence-electron chi connectivity index (χ1n) is 5.96. The first-order chi connectivity index (χ1) is 8.09. The number of aryl methyl sites for hydroxylation is 1. The van der Waals surface area contributed by atoms with Crippen LogP contribution in [0.25, 0.3) is 0 Å². The Balaban J connectivity index is 2.26. The lowest BCUT2D eigenvalue weighted by molar-refractivity contribution is 0.0947. The van der Waals surface area contributed by atoms with E-state index < -0.39 is 0 Å². The van der Waals surface area contributed by atoms with Gasteiger partial charge in [0.1, 0.15) is 5.69 Å². The van der Waals surface area contributed by atoms with E-state index >= 15 is 0 Å². The lowest BCUT2D eigenvalue weighted by Crippen LogP contribution is -2.26. The van der Waals surface area contributed by atoms with E-state index in [9.17, 15) is 4.79 Å². The molecule has 0 fully saturated rings. The van der Waals surface area contributed by atoms with E-state index in [-0.39, 0.29) is 5.91 Å². The third kappa shape index (κ3) is 5.45. The van der Waals surface area contributed by atoms with Crippen LogP contribution < -0.4 is 5.32 Å². The van der Waals surface area contributed by atoms with Gasteiger partial charge in [-0.05, 0) is 52.5 Å². The van der Waals surface area contributed by atoms with Crippen LogP contribution in [0.1, 0.15) is 29.0 Å². The van der Waals surface area contributed by atoms with Gasteiger partial charge >= 0.3 is 0 Å². The number of amides is 1. The zero-order valence-electron chi connectivity index (χ0n) is 10.9. The molecule has 4 heteroatoms. The molecule has 1 rings (SSSR count). The summed E-state index contributed by atoms with van der Waals surface area (Å²) in [6.07, 6.45) is 2.09. The molecular formula is C13H21N3O. The van der Waals surface area contributed by atoms with Crippen LogP contribution in [-0.4, -0.2) is 43.0 Å². The lowest BCUT2D eigenvalue weighted by Gasteiger charge is -2.09. The molecule has 0 atom stereocenters. The molecule has 1 aromatic heterocycles. The molecule has 0 saturated carbocycles. The summed E-state index contributed by atoms with van der Waals surface area (Å²) in [5.41, 5.74) is 1.36. The van der Waals surface area contributed by atoms with Crippen molar-refractivity contribution in [1.82, 2.24) is 15.2 Å². The molecule has 1 amide bonds. The molecule has 1 N–H and O–H groups in total. The molecule has 0 saturated heterocycles. The number of nitrogens with zero attached hydrogens (tertiary/aromatic N) is 2. The van der Waals surface area contributed by atoms with Crippen LogP contribution in [0.5, 0.6) is 0 Å². The highest BCUT2D eigenvalue weighted by Gasteiger charge is 2.05. The van der Waals surface area contributed by atoms with Crippen LogP contribution in [0.15, 0.2) is 18.2 Å². The fourth-order valence-corrected chi connectivity index (χ4v) is 1.52. The van der Waals surface area contributed by atoms with Gasteiger partial charge in [0.2, 0.25) is 0 Å². The number of rotatable bonds is 6. The molecule has 0 bridgehead atoms. The lowest BCUT2D eigenvalue weighted by atomic mass is 10.2. The third-order valence-electron chi connectivity index (χ3n) is 2.44. The van der Waals surface area contributed by atoms with Gasteiger partial charge in [0.05, 0.1) is 0 Å². The molecule has 0 aliphatic carbocycles. The highest BCUT2D eigenvalue weighted by Crippen LogP contribution is 1.98. The standard InChI is InChI=1S/C13H21N3O/c1-11-7-6-8-12(15-11)13(17)14-9-4-5-10-16(2)3/h6-8H,4-5,9-10H2,1-3H3,(H,14,17). The summed E-state index contributed by atoms with van der Waals surface area (Å²) in [5.74, 6) is -0.0847. The Morgan fingerprint density at radius 1 is 1.35 bits per heavy atom. The maximum absolute atomic E-state index is 11.7. The van der Waals surface area contributed by atoms with E-state index in [1.54, 1.807) is 6.07 Å². The number of hydrogen-bond acceptors (Lipinski definition) is 3. The molecule has 94 valence electrons. The molecule has 0 aliphatic heterocycles. The van der Waals surface area contributed by atoms with Crippen molar-refractivity contribution in [3.8, 4) is 0 Å². The number of unbranched alkanes of at least 4 members (excludes halogenated alkanes) is 1. The van der Waals surface area contributed by atoms with Gasteiger partial charge in [0.25, 0.3) is 5.91 Å². The average Bonchev–Trinajstić information content (AvgIpc) is 2.28. The molecule has 1 aromatic rings. The van der Waals surface area contributed by atoms with Gasteiger partial charge in [-0.15, -0.1) is 0 Å². The van der Waals surface area contributed by atoms with E-state index in [1.165, 1.54) is 0 Å². The highest BCUT2D eigenvalue weighted by molar-refractivity contribution is 5.92. The van der Waals surface area contributed by atoms with Gasteiger partial charge in [0.15, 0.2) is 0 Å². The summed E-state index contributed by atoms with van der Waals surface area (Å²) < 4.78 is 0. The summed E-state index contributed by atoms with van der Waals surface area (Å²) in [7, 11) is 4.10. The number of carbonyl (C=O) groups excluding carboxylic acids is 1. The summed E-state index contributed by atoms with van der Waals surface area (Å²) in [6, 6.07) is 5.47. The summed E-state index contributed by atoms with van der Waals surface area (Å²) in [6.45, 7) is 3.65. The van der Waals surface area contributed by atoms with Crippen molar-refractivity contribution >= 4 is 5.91 Å². The minimum Gasteiger partial charge on any atom is -0.351 e. The summed E-state index contributed by atoms with van der Waals surface area (Å²) in [5, 5.41) is 2.88. The SMILES string of the molecule is Cc1cccc(C(=O)NCCCCN(C)C)n1. The first kappa shape index (κ1) is 13.6. The van der Waals surface area contributed by atoms with E-state index in [2.05, 4.69) is 29.3 Å². The maximum Gasteiger partial charge on any atom is 0.269 e. The molecule has 0 aliphatic rings. The van der Waals surface area contributed by atoms with Crippen LogP contribution in [0.4, 0.5) is 0 Å². The van der Waals surface area contributed by atoms with Crippen molar-refractivity contribution in [2.45, 2.75) is 19.8 Å². The fourth-order valence-electron chi connectivity index (χ4n) is 1.52. The predicted octanol–water partition coefficient (Wildman–Crippen LogP) is 1.46. The minimum absolute atomic E-state index is 0.0847. The zero-order valence-corrected chi connectivity index (χ0v) is 10.9. The van der Waals surface area contributed by atoms with E-state index in [0.717, 1.165) is 25.1 Å². The van der Waals surface area contributed by atoms with Crippen molar-refractivity contribution in [3.63, 3.8) is 0 Å². The van der Waals surface area contributed by atoms with Gasteiger partial charge in [-0.2, -0.15) is 0 Å². The summed E-state index contributed by atoms with van der Waals surface area (Å²) in [4.78, 5) is 18.0. The van der Waals surface area contributed by atoms with E-state index in [4.69, 9.17) is 0 Å². The number of carbonyl (C=O) groups is 1. The second kappa shape index (κ2) is 7.01. The molecule has 0 radical (unpaired) electrons. The predicted molar refractivity (Wildman–Crippen MR) is 69.1 cm³/mol. The average molecular weight is 235 g/mol. The van der Waals surface area contributed by atoms with Crippen LogP contribution in [0.2, 0.25) is 0 Å². The number of hydrogen-bond donors (Lipinski definition) is 1. The summed E-state index contributed by atoms with van der Waals surface area (Å²) >= 11 is 0. The van der Waals surface area contributed by atoms with E-state index in [0.29, 0.717) is 12.2 Å². The van der Waals surface area contributed by atoms with Gasteiger partial charge < -0.3 is 10.2 Å². The van der Waals surface area contributed by atoms with Crippen molar-refractivity contribution in [2.75, 3.05) is 27.2 Å². The second-order valence-corrected chi connectivity index (χ2v) is 4.43. The Morgan fingerprint density at radius 3 is 2.76 bits per heavy atom.